The Morgan fingerprint density at radius 3 is 2.45 bits per heavy atom. The van der Waals surface area contributed by atoms with Crippen molar-refractivity contribution in [3.8, 4) is 0 Å². The maximum atomic E-state index is 13.7. The Morgan fingerprint density at radius 2 is 1.79 bits per heavy atom. The van der Waals surface area contributed by atoms with Crippen molar-refractivity contribution in [2.24, 2.45) is 23.2 Å². The minimum absolute atomic E-state index is 0.0163. The van der Waals surface area contributed by atoms with Gasteiger partial charge in [0, 0.05) is 18.1 Å². The van der Waals surface area contributed by atoms with Crippen molar-refractivity contribution >= 4 is 23.4 Å². The highest BCUT2D eigenvalue weighted by molar-refractivity contribution is 6.30. The highest BCUT2D eigenvalue weighted by atomic mass is 35.5. The lowest BCUT2D eigenvalue weighted by Gasteiger charge is -2.56. The van der Waals surface area contributed by atoms with E-state index >= 15 is 0 Å². The normalized spacial score (nSPS) is 35.1. The molecule has 5 heteroatoms. The first kappa shape index (κ1) is 19.4. The second-order valence-electron chi connectivity index (χ2n) is 10.0. The zero-order chi connectivity index (χ0) is 20.0. The molecule has 4 aliphatic carbocycles. The van der Waals surface area contributed by atoms with Crippen molar-refractivity contribution in [2.75, 3.05) is 13.1 Å². The van der Waals surface area contributed by atoms with Gasteiger partial charge in [0.2, 0.25) is 11.8 Å². The highest BCUT2D eigenvalue weighted by Gasteiger charge is 2.56. The van der Waals surface area contributed by atoms with Gasteiger partial charge in [-0.05, 0) is 93.2 Å². The molecule has 2 amide bonds. The van der Waals surface area contributed by atoms with Crippen molar-refractivity contribution in [3.63, 3.8) is 0 Å². The molecule has 4 nitrogen and oxygen atoms in total. The van der Waals surface area contributed by atoms with Crippen LogP contribution in [0.5, 0.6) is 0 Å². The van der Waals surface area contributed by atoms with Gasteiger partial charge in [-0.15, -0.1) is 0 Å². The van der Waals surface area contributed by atoms with Gasteiger partial charge in [-0.3, -0.25) is 9.59 Å². The molecule has 0 spiro atoms. The zero-order valence-corrected chi connectivity index (χ0v) is 17.8. The smallest absolute Gasteiger partial charge is 0.242 e. The highest BCUT2D eigenvalue weighted by Crippen LogP contribution is 2.60. The van der Waals surface area contributed by atoms with Crippen molar-refractivity contribution in [1.82, 2.24) is 10.2 Å². The number of rotatable bonds is 5. The summed E-state index contributed by atoms with van der Waals surface area (Å²) in [5.41, 5.74) is 0.962. The van der Waals surface area contributed by atoms with Gasteiger partial charge in [-0.25, -0.2) is 0 Å². The Balaban J connectivity index is 1.22. The molecule has 1 heterocycles. The summed E-state index contributed by atoms with van der Waals surface area (Å²) in [5.74, 6) is 2.56. The molecule has 1 N–H and O–H groups in total. The molecular weight excluding hydrogens is 384 g/mol. The van der Waals surface area contributed by atoms with Gasteiger partial charge in [0.15, 0.2) is 0 Å². The van der Waals surface area contributed by atoms with Crippen LogP contribution in [-0.2, 0) is 16.0 Å². The Kier molecular flexibility index (Phi) is 5.09. The lowest BCUT2D eigenvalue weighted by Crippen LogP contribution is -2.57. The molecule has 1 saturated heterocycles. The summed E-state index contributed by atoms with van der Waals surface area (Å²) in [6, 6.07) is 7.47. The van der Waals surface area contributed by atoms with Gasteiger partial charge >= 0.3 is 0 Å². The molecule has 5 fully saturated rings. The molecule has 0 aromatic heterocycles. The Labute approximate surface area is 178 Å². The van der Waals surface area contributed by atoms with Crippen LogP contribution in [0.15, 0.2) is 24.3 Å². The lowest BCUT2D eigenvalue weighted by molar-refractivity contribution is -0.160. The predicted octanol–water partition coefficient (Wildman–Crippen LogP) is 4.21. The number of hydrogen-bond acceptors (Lipinski definition) is 2. The zero-order valence-electron chi connectivity index (χ0n) is 17.0. The summed E-state index contributed by atoms with van der Waals surface area (Å²) < 4.78 is 0. The number of carbonyl (C=O) groups is 2. The molecule has 0 radical (unpaired) electrons. The third-order valence-electron chi connectivity index (χ3n) is 7.91. The summed E-state index contributed by atoms with van der Waals surface area (Å²) in [6.45, 7) is 1.32. The largest absolute Gasteiger partial charge is 0.354 e. The quantitative estimate of drug-likeness (QED) is 0.784. The standard InChI is InChI=1S/C24H31ClN2O2/c25-20-4-1-3-16(12-20)6-7-26-22(28)21-5-2-8-27(21)23(29)24-13-17-9-18(14-24)11-19(10-17)15-24/h1,3-4,12,17-19,21H,2,5-11,13-15H2,(H,26,28). The molecule has 6 rings (SSSR count). The number of nitrogens with one attached hydrogen (secondary N) is 1. The van der Waals surface area contributed by atoms with E-state index in [1.807, 2.05) is 29.2 Å². The average molecular weight is 415 g/mol. The topological polar surface area (TPSA) is 49.4 Å². The van der Waals surface area contributed by atoms with Gasteiger partial charge in [0.25, 0.3) is 0 Å². The number of halogens is 1. The van der Waals surface area contributed by atoms with Gasteiger partial charge in [0.1, 0.15) is 6.04 Å². The first-order valence-electron chi connectivity index (χ1n) is 11.4. The summed E-state index contributed by atoms with van der Waals surface area (Å²) in [6.07, 6.45) is 9.68. The monoisotopic (exact) mass is 414 g/mol. The molecule has 1 aliphatic heterocycles. The Morgan fingerprint density at radius 1 is 1.10 bits per heavy atom. The van der Waals surface area contributed by atoms with E-state index in [4.69, 9.17) is 11.6 Å². The molecule has 1 aromatic carbocycles. The van der Waals surface area contributed by atoms with Gasteiger partial charge in [-0.2, -0.15) is 0 Å². The molecule has 29 heavy (non-hydrogen) atoms. The minimum atomic E-state index is -0.283. The van der Waals surface area contributed by atoms with Gasteiger partial charge < -0.3 is 10.2 Å². The SMILES string of the molecule is O=C(NCCc1cccc(Cl)c1)C1CCCN1C(=O)C12CC3CC(CC(C3)C1)C2. The van der Waals surface area contributed by atoms with E-state index in [0.29, 0.717) is 12.5 Å². The maximum Gasteiger partial charge on any atom is 0.242 e. The molecule has 4 bridgehead atoms. The fraction of sp³-hybridized carbons (Fsp3) is 0.667. The number of benzene rings is 1. The molecule has 1 atom stereocenters. The lowest BCUT2D eigenvalue weighted by atomic mass is 9.49. The first-order chi connectivity index (χ1) is 14.0. The summed E-state index contributed by atoms with van der Waals surface area (Å²) in [7, 11) is 0. The number of carbonyl (C=O) groups excluding carboxylic acids is 2. The average Bonchev–Trinajstić information content (AvgIpc) is 3.16. The van der Waals surface area contributed by atoms with Gasteiger partial charge in [0.05, 0.1) is 5.41 Å². The van der Waals surface area contributed by atoms with Crippen molar-refractivity contribution in [3.05, 3.63) is 34.9 Å². The maximum absolute atomic E-state index is 13.7. The predicted molar refractivity (Wildman–Crippen MR) is 114 cm³/mol. The Bertz CT molecular complexity index is 773. The number of likely N-dealkylation sites (tertiary alicyclic amines) is 1. The van der Waals surface area contributed by atoms with E-state index in [1.165, 1.54) is 19.3 Å². The van der Waals surface area contributed by atoms with Crippen LogP contribution in [0.25, 0.3) is 0 Å². The third kappa shape index (κ3) is 3.69. The summed E-state index contributed by atoms with van der Waals surface area (Å²) >= 11 is 6.04. The summed E-state index contributed by atoms with van der Waals surface area (Å²) in [4.78, 5) is 28.5. The van der Waals surface area contributed by atoms with Crippen LogP contribution in [0.3, 0.4) is 0 Å². The van der Waals surface area contributed by atoms with Crippen LogP contribution in [0.4, 0.5) is 0 Å². The van der Waals surface area contributed by atoms with Gasteiger partial charge in [-0.1, -0.05) is 23.7 Å². The third-order valence-corrected chi connectivity index (χ3v) is 8.15. The van der Waals surface area contributed by atoms with Crippen molar-refractivity contribution in [2.45, 2.75) is 63.8 Å². The van der Waals surface area contributed by atoms with Crippen molar-refractivity contribution in [1.29, 1.82) is 0 Å². The van der Waals surface area contributed by atoms with Crippen LogP contribution in [-0.4, -0.2) is 35.8 Å². The van der Waals surface area contributed by atoms with Crippen LogP contribution in [0.2, 0.25) is 5.02 Å². The van der Waals surface area contributed by atoms with Crippen LogP contribution >= 0.6 is 11.6 Å². The van der Waals surface area contributed by atoms with Crippen LogP contribution in [0.1, 0.15) is 56.9 Å². The number of amides is 2. The molecule has 156 valence electrons. The van der Waals surface area contributed by atoms with Crippen LogP contribution in [0, 0.1) is 23.2 Å². The molecule has 4 saturated carbocycles. The van der Waals surface area contributed by atoms with E-state index in [2.05, 4.69) is 5.32 Å². The van der Waals surface area contributed by atoms with E-state index < -0.39 is 0 Å². The van der Waals surface area contributed by atoms with Crippen LogP contribution < -0.4 is 5.32 Å². The first-order valence-corrected chi connectivity index (χ1v) is 11.7. The van der Waals surface area contributed by atoms with E-state index in [1.54, 1.807) is 0 Å². The fourth-order valence-corrected chi connectivity index (χ4v) is 7.31. The van der Waals surface area contributed by atoms with Crippen molar-refractivity contribution < 1.29 is 9.59 Å². The van der Waals surface area contributed by atoms with E-state index in [9.17, 15) is 9.59 Å². The second-order valence-corrected chi connectivity index (χ2v) is 10.5. The molecular formula is C24H31ClN2O2. The molecule has 5 aliphatic rings. The van der Waals surface area contributed by atoms with E-state index in [-0.39, 0.29) is 17.4 Å². The number of nitrogens with zero attached hydrogens (tertiary/aromatic N) is 1. The molecule has 1 aromatic rings. The summed E-state index contributed by atoms with van der Waals surface area (Å²) in [5, 5.41) is 3.79. The Hall–Kier alpha value is -1.55. The molecule has 1 unspecified atom stereocenters. The minimum Gasteiger partial charge on any atom is -0.354 e. The second kappa shape index (κ2) is 7.61. The fourth-order valence-electron chi connectivity index (χ4n) is 7.10. The van der Waals surface area contributed by atoms with E-state index in [0.717, 1.165) is 73.4 Å². The number of hydrogen-bond donors (Lipinski definition) is 1.